The van der Waals surface area contributed by atoms with Crippen LogP contribution in [0.25, 0.3) is 11.1 Å². The zero-order valence-electron chi connectivity index (χ0n) is 19.8. The summed E-state index contributed by atoms with van der Waals surface area (Å²) in [7, 11) is 0. The Morgan fingerprint density at radius 2 is 1.02 bits per heavy atom. The highest BCUT2D eigenvalue weighted by Crippen LogP contribution is 2.65. The average molecular weight is 595 g/mol. The Morgan fingerprint density at radius 1 is 0.625 bits per heavy atom. The minimum atomic E-state index is -8.00. The van der Waals surface area contributed by atoms with E-state index in [0.717, 1.165) is 6.07 Å². The molecule has 2 aromatic carbocycles. The third kappa shape index (κ3) is 4.52. The number of aromatic hydroxyl groups is 1. The second kappa shape index (κ2) is 9.73. The molecule has 1 aliphatic carbocycles. The van der Waals surface area contributed by atoms with E-state index in [2.05, 4.69) is 0 Å². The van der Waals surface area contributed by atoms with Crippen LogP contribution in [0.4, 0.5) is 57.1 Å². The van der Waals surface area contributed by atoms with E-state index in [1.165, 1.54) is 24.3 Å². The maximum absolute atomic E-state index is 14.9. The molecule has 0 unspecified atom stereocenters. The third-order valence-electron chi connectivity index (χ3n) is 7.17. The van der Waals surface area contributed by atoms with E-state index >= 15 is 0 Å². The van der Waals surface area contributed by atoms with Crippen LogP contribution in [-0.2, 0) is 0 Å². The third-order valence-corrected chi connectivity index (χ3v) is 7.17. The number of benzene rings is 2. The SMILES string of the molecule is N#CC1(C(F)(F)C(F)(F)C(F)(F)C(F)(F)C(F)(F)C(F)(F)F)CCC(c2ccc(-c3ccc(O)cc3)cc2)CC1. The first kappa shape index (κ1) is 31.3. The van der Waals surface area contributed by atoms with Gasteiger partial charge in [-0.1, -0.05) is 36.4 Å². The number of nitrogens with zero attached hydrogens (tertiary/aromatic N) is 1. The van der Waals surface area contributed by atoms with Gasteiger partial charge in [0.15, 0.2) is 0 Å². The van der Waals surface area contributed by atoms with Crippen LogP contribution in [0.15, 0.2) is 48.5 Å². The summed E-state index contributed by atoms with van der Waals surface area (Å²) in [5.41, 5.74) is -2.01. The van der Waals surface area contributed by atoms with Crippen molar-refractivity contribution < 1.29 is 62.2 Å². The Kier molecular flexibility index (Phi) is 7.62. The molecule has 220 valence electrons. The molecule has 3 rings (SSSR count). The van der Waals surface area contributed by atoms with Gasteiger partial charge in [0, 0.05) is 0 Å². The van der Waals surface area contributed by atoms with E-state index in [1.807, 2.05) is 0 Å². The predicted octanol–water partition coefficient (Wildman–Crippen LogP) is 8.97. The van der Waals surface area contributed by atoms with Crippen LogP contribution in [0, 0.1) is 16.7 Å². The predicted molar refractivity (Wildman–Crippen MR) is 114 cm³/mol. The largest absolute Gasteiger partial charge is 0.508 e. The first-order valence-electron chi connectivity index (χ1n) is 11.4. The van der Waals surface area contributed by atoms with Crippen molar-refractivity contribution in [1.82, 2.24) is 0 Å². The highest BCUT2D eigenvalue weighted by atomic mass is 19.4. The number of phenolic OH excluding ortho intramolecular Hbond substituents is 1. The lowest BCUT2D eigenvalue weighted by atomic mass is 9.64. The summed E-state index contributed by atoms with van der Waals surface area (Å²) in [5, 5.41) is 18.7. The highest BCUT2D eigenvalue weighted by Gasteiger charge is 2.92. The van der Waals surface area contributed by atoms with E-state index in [-0.39, 0.29) is 5.75 Å². The molecule has 0 bridgehead atoms. The van der Waals surface area contributed by atoms with Crippen molar-refractivity contribution in [2.75, 3.05) is 0 Å². The molecule has 1 fully saturated rings. The van der Waals surface area contributed by atoms with E-state index < -0.39 is 72.8 Å². The molecule has 0 atom stereocenters. The number of phenols is 1. The van der Waals surface area contributed by atoms with Gasteiger partial charge in [-0.2, -0.15) is 62.3 Å². The topological polar surface area (TPSA) is 44.0 Å². The molecule has 2 nitrogen and oxygen atoms in total. The van der Waals surface area contributed by atoms with Gasteiger partial charge in [-0.15, -0.1) is 0 Å². The van der Waals surface area contributed by atoms with Gasteiger partial charge in [0.05, 0.1) is 6.07 Å². The maximum Gasteiger partial charge on any atom is 0.460 e. The van der Waals surface area contributed by atoms with E-state index in [4.69, 9.17) is 0 Å². The summed E-state index contributed by atoms with van der Waals surface area (Å²) >= 11 is 0. The minimum absolute atomic E-state index is 0.00137. The number of nitriles is 1. The lowest BCUT2D eigenvalue weighted by Gasteiger charge is -2.46. The maximum atomic E-state index is 14.9. The Balaban J connectivity index is 1.87. The summed E-state index contributed by atoms with van der Waals surface area (Å²) < 4.78 is 177. The van der Waals surface area contributed by atoms with Gasteiger partial charge in [-0.3, -0.25) is 0 Å². The molecule has 0 aliphatic heterocycles. The Morgan fingerprint density at radius 3 is 1.43 bits per heavy atom. The van der Waals surface area contributed by atoms with Gasteiger partial charge in [0.2, 0.25) is 0 Å². The monoisotopic (exact) mass is 595 g/mol. The number of rotatable bonds is 7. The summed E-state index contributed by atoms with van der Waals surface area (Å²) in [4.78, 5) is 0. The molecule has 1 saturated carbocycles. The number of hydrogen-bond donors (Lipinski definition) is 1. The summed E-state index contributed by atoms with van der Waals surface area (Å²) in [6, 6.07) is 12.9. The molecule has 40 heavy (non-hydrogen) atoms. The van der Waals surface area contributed by atoms with Crippen molar-refractivity contribution >= 4 is 0 Å². The lowest BCUT2D eigenvalue weighted by molar-refractivity contribution is -0.446. The standard InChI is InChI=1S/C25H18F13NO/c26-20(27,21(28,29)22(30,31)23(32,33)24(34,35)25(36,37)38)19(13-39)11-9-17(10-12-19)15-3-1-14(2-4-15)16-5-7-18(40)8-6-16/h1-8,17,40H,9-12H2. The summed E-state index contributed by atoms with van der Waals surface area (Å²) in [5.74, 6) is -38.4. The molecule has 0 spiro atoms. The van der Waals surface area contributed by atoms with Crippen LogP contribution in [0.3, 0.4) is 0 Å². The molecule has 0 aromatic heterocycles. The Labute approximate surface area is 218 Å². The van der Waals surface area contributed by atoms with Crippen LogP contribution in [0.1, 0.15) is 37.2 Å². The van der Waals surface area contributed by atoms with Crippen molar-refractivity contribution in [3.63, 3.8) is 0 Å². The fourth-order valence-corrected chi connectivity index (χ4v) is 4.61. The fourth-order valence-electron chi connectivity index (χ4n) is 4.61. The molecule has 0 amide bonds. The molecule has 0 radical (unpaired) electrons. The van der Waals surface area contributed by atoms with Gasteiger partial charge in [0.25, 0.3) is 0 Å². The van der Waals surface area contributed by atoms with Gasteiger partial charge in [-0.05, 0) is 60.4 Å². The van der Waals surface area contributed by atoms with Gasteiger partial charge >= 0.3 is 35.8 Å². The van der Waals surface area contributed by atoms with Crippen molar-refractivity contribution in [3.05, 3.63) is 54.1 Å². The summed E-state index contributed by atoms with van der Waals surface area (Å²) in [6.45, 7) is 0. The van der Waals surface area contributed by atoms with Gasteiger partial charge < -0.3 is 5.11 Å². The molecular weight excluding hydrogens is 577 g/mol. The highest BCUT2D eigenvalue weighted by molar-refractivity contribution is 5.64. The lowest BCUT2D eigenvalue weighted by Crippen LogP contribution is -2.72. The van der Waals surface area contributed by atoms with Crippen molar-refractivity contribution in [2.45, 2.75) is 67.4 Å². The zero-order chi connectivity index (χ0) is 30.6. The van der Waals surface area contributed by atoms with Gasteiger partial charge in [-0.25, -0.2) is 0 Å². The van der Waals surface area contributed by atoms with Crippen molar-refractivity contribution in [1.29, 1.82) is 5.26 Å². The van der Waals surface area contributed by atoms with Crippen LogP contribution >= 0.6 is 0 Å². The minimum Gasteiger partial charge on any atom is -0.508 e. The molecule has 0 heterocycles. The van der Waals surface area contributed by atoms with Crippen LogP contribution in [-0.4, -0.2) is 40.9 Å². The Hall–Kier alpha value is -3.18. The molecule has 15 heteroatoms. The number of halogens is 13. The summed E-state index contributed by atoms with van der Waals surface area (Å²) in [6.07, 6.45) is -11.1. The second-order valence-electron chi connectivity index (χ2n) is 9.51. The average Bonchev–Trinajstić information content (AvgIpc) is 2.88. The molecule has 2 aromatic rings. The smallest absolute Gasteiger partial charge is 0.460 e. The first-order valence-corrected chi connectivity index (χ1v) is 11.4. The molecule has 1 aliphatic rings. The number of hydrogen-bond acceptors (Lipinski definition) is 2. The molecule has 0 saturated heterocycles. The van der Waals surface area contributed by atoms with Crippen LogP contribution in [0.2, 0.25) is 0 Å². The van der Waals surface area contributed by atoms with E-state index in [0.29, 0.717) is 16.7 Å². The normalized spacial score (nSPS) is 21.6. The molecule has 1 N–H and O–H groups in total. The fraction of sp³-hybridized carbons (Fsp3) is 0.480. The van der Waals surface area contributed by atoms with Gasteiger partial charge in [0.1, 0.15) is 11.2 Å². The second-order valence-corrected chi connectivity index (χ2v) is 9.51. The van der Waals surface area contributed by atoms with Crippen molar-refractivity contribution in [3.8, 4) is 22.9 Å². The van der Waals surface area contributed by atoms with Crippen LogP contribution < -0.4 is 0 Å². The van der Waals surface area contributed by atoms with E-state index in [1.54, 1.807) is 24.3 Å². The Bertz CT molecular complexity index is 1240. The first-order chi connectivity index (χ1) is 18.1. The quantitative estimate of drug-likeness (QED) is 0.325. The van der Waals surface area contributed by atoms with Crippen molar-refractivity contribution in [2.24, 2.45) is 5.41 Å². The van der Waals surface area contributed by atoms with Crippen LogP contribution in [0.5, 0.6) is 5.75 Å². The number of alkyl halides is 13. The molecular formula is C25H18F13NO. The van der Waals surface area contributed by atoms with E-state index in [9.17, 15) is 67.4 Å². The zero-order valence-corrected chi connectivity index (χ0v) is 19.8.